The van der Waals surface area contributed by atoms with Gasteiger partial charge < -0.3 is 10.2 Å². The minimum absolute atomic E-state index is 0.670. The highest BCUT2D eigenvalue weighted by atomic mass is 15.2. The van der Waals surface area contributed by atoms with Crippen molar-refractivity contribution in [1.29, 1.82) is 0 Å². The topological polar surface area (TPSA) is 28.2 Å². The molecule has 116 valence electrons. The molecule has 1 aliphatic carbocycles. The van der Waals surface area contributed by atoms with E-state index < -0.39 is 0 Å². The monoisotopic (exact) mass is 287 g/mol. The molecule has 0 aromatic carbocycles. The van der Waals surface area contributed by atoms with Crippen LogP contribution in [0.4, 0.5) is 5.82 Å². The highest BCUT2D eigenvalue weighted by molar-refractivity contribution is 5.46. The second-order valence-corrected chi connectivity index (χ2v) is 5.92. The highest BCUT2D eigenvalue weighted by Crippen LogP contribution is 2.31. The molecule has 0 atom stereocenters. The SMILES string of the molecule is C=CCN(c1cc(CNCCC)cc(CCC)n1)C1CC1. The van der Waals surface area contributed by atoms with Gasteiger partial charge in [-0.05, 0) is 49.9 Å². The Balaban J connectivity index is 2.18. The molecule has 1 heterocycles. The molecule has 3 nitrogen and oxygen atoms in total. The Morgan fingerprint density at radius 1 is 1.33 bits per heavy atom. The van der Waals surface area contributed by atoms with E-state index in [0.29, 0.717) is 6.04 Å². The van der Waals surface area contributed by atoms with Gasteiger partial charge in [0.2, 0.25) is 0 Å². The Labute approximate surface area is 129 Å². The molecular weight excluding hydrogens is 258 g/mol. The molecule has 21 heavy (non-hydrogen) atoms. The van der Waals surface area contributed by atoms with Crippen LogP contribution in [0, 0.1) is 0 Å². The van der Waals surface area contributed by atoms with Gasteiger partial charge in [0.15, 0.2) is 0 Å². The van der Waals surface area contributed by atoms with Gasteiger partial charge in [-0.3, -0.25) is 0 Å². The zero-order chi connectivity index (χ0) is 15.1. The Morgan fingerprint density at radius 3 is 2.76 bits per heavy atom. The molecule has 1 aromatic rings. The number of nitrogens with zero attached hydrogens (tertiary/aromatic N) is 2. The van der Waals surface area contributed by atoms with Crippen molar-refractivity contribution in [2.45, 2.75) is 58.5 Å². The first kappa shape index (κ1) is 16.0. The van der Waals surface area contributed by atoms with Crippen molar-refractivity contribution in [3.8, 4) is 0 Å². The average Bonchev–Trinajstić information content (AvgIpc) is 3.30. The van der Waals surface area contributed by atoms with E-state index in [0.717, 1.165) is 38.3 Å². The molecule has 0 unspecified atom stereocenters. The maximum Gasteiger partial charge on any atom is 0.129 e. The summed E-state index contributed by atoms with van der Waals surface area (Å²) in [4.78, 5) is 7.29. The maximum absolute atomic E-state index is 4.88. The Kier molecular flexibility index (Phi) is 6.24. The minimum atomic E-state index is 0.670. The van der Waals surface area contributed by atoms with E-state index in [1.165, 1.54) is 30.5 Å². The largest absolute Gasteiger partial charge is 0.350 e. The zero-order valence-electron chi connectivity index (χ0n) is 13.6. The molecule has 1 fully saturated rings. The number of hydrogen-bond donors (Lipinski definition) is 1. The first-order valence-corrected chi connectivity index (χ1v) is 8.36. The van der Waals surface area contributed by atoms with E-state index in [1.807, 2.05) is 6.08 Å². The number of pyridine rings is 1. The van der Waals surface area contributed by atoms with Crippen LogP contribution in [0.3, 0.4) is 0 Å². The summed E-state index contributed by atoms with van der Waals surface area (Å²) in [6, 6.07) is 5.18. The van der Waals surface area contributed by atoms with Gasteiger partial charge in [0, 0.05) is 24.8 Å². The molecule has 0 spiro atoms. The molecule has 0 saturated heterocycles. The van der Waals surface area contributed by atoms with Gasteiger partial charge in [-0.15, -0.1) is 6.58 Å². The van der Waals surface area contributed by atoms with Crippen molar-refractivity contribution in [3.63, 3.8) is 0 Å². The molecule has 0 aliphatic heterocycles. The lowest BCUT2D eigenvalue weighted by Gasteiger charge is -2.23. The first-order chi connectivity index (χ1) is 10.3. The Morgan fingerprint density at radius 2 is 2.14 bits per heavy atom. The molecule has 1 aromatic heterocycles. The van der Waals surface area contributed by atoms with E-state index >= 15 is 0 Å². The minimum Gasteiger partial charge on any atom is -0.350 e. The van der Waals surface area contributed by atoms with Crippen LogP contribution in [0.25, 0.3) is 0 Å². The average molecular weight is 287 g/mol. The van der Waals surface area contributed by atoms with Gasteiger partial charge in [-0.2, -0.15) is 0 Å². The summed E-state index contributed by atoms with van der Waals surface area (Å²) in [5.41, 5.74) is 2.57. The van der Waals surface area contributed by atoms with E-state index in [2.05, 4.69) is 42.8 Å². The van der Waals surface area contributed by atoms with Crippen LogP contribution in [-0.2, 0) is 13.0 Å². The fraction of sp³-hybridized carbons (Fsp3) is 0.611. The first-order valence-electron chi connectivity index (χ1n) is 8.36. The van der Waals surface area contributed by atoms with Gasteiger partial charge in [0.25, 0.3) is 0 Å². The van der Waals surface area contributed by atoms with Crippen molar-refractivity contribution in [2.24, 2.45) is 0 Å². The summed E-state index contributed by atoms with van der Waals surface area (Å²) in [5, 5.41) is 3.50. The van der Waals surface area contributed by atoms with Crippen LogP contribution in [0.2, 0.25) is 0 Å². The van der Waals surface area contributed by atoms with Crippen molar-refractivity contribution < 1.29 is 0 Å². The number of anilines is 1. The van der Waals surface area contributed by atoms with Crippen molar-refractivity contribution in [2.75, 3.05) is 18.0 Å². The molecule has 0 amide bonds. The van der Waals surface area contributed by atoms with Gasteiger partial charge in [-0.25, -0.2) is 4.98 Å². The molecular formula is C18H29N3. The summed E-state index contributed by atoms with van der Waals surface area (Å²) >= 11 is 0. The predicted octanol–water partition coefficient (Wildman–Crippen LogP) is 3.69. The lowest BCUT2D eigenvalue weighted by atomic mass is 10.1. The molecule has 3 heteroatoms. The fourth-order valence-corrected chi connectivity index (χ4v) is 2.63. The van der Waals surface area contributed by atoms with Crippen molar-refractivity contribution in [1.82, 2.24) is 10.3 Å². The van der Waals surface area contributed by atoms with Crippen LogP contribution >= 0.6 is 0 Å². The molecule has 0 radical (unpaired) electrons. The van der Waals surface area contributed by atoms with Crippen molar-refractivity contribution >= 4 is 5.82 Å². The van der Waals surface area contributed by atoms with E-state index in [1.54, 1.807) is 0 Å². The number of hydrogen-bond acceptors (Lipinski definition) is 3. The van der Waals surface area contributed by atoms with Crippen molar-refractivity contribution in [3.05, 3.63) is 36.0 Å². The van der Waals surface area contributed by atoms with E-state index in [9.17, 15) is 0 Å². The lowest BCUT2D eigenvalue weighted by molar-refractivity contribution is 0.672. The van der Waals surface area contributed by atoms with Crippen LogP contribution in [0.1, 0.15) is 50.8 Å². The Bertz CT molecular complexity index is 452. The standard InChI is InChI=1S/C18H29N3/c1-4-7-16-12-15(14-19-10-5-2)13-18(20-16)21(11-6-3)17-8-9-17/h6,12-13,17,19H,3-5,7-11,14H2,1-2H3. The number of aryl methyl sites for hydroxylation is 1. The van der Waals surface area contributed by atoms with Crippen LogP contribution in [-0.4, -0.2) is 24.1 Å². The number of nitrogens with one attached hydrogen (secondary N) is 1. The third-order valence-electron chi connectivity index (χ3n) is 3.79. The summed E-state index contributed by atoms with van der Waals surface area (Å²) in [6.45, 7) is 11.2. The third-order valence-corrected chi connectivity index (χ3v) is 3.79. The van der Waals surface area contributed by atoms with Crippen LogP contribution in [0.15, 0.2) is 24.8 Å². The summed E-state index contributed by atoms with van der Waals surface area (Å²) in [5.74, 6) is 1.14. The lowest BCUT2D eigenvalue weighted by Crippen LogP contribution is -2.27. The summed E-state index contributed by atoms with van der Waals surface area (Å²) < 4.78 is 0. The van der Waals surface area contributed by atoms with Gasteiger partial charge in [0.05, 0.1) is 0 Å². The maximum atomic E-state index is 4.88. The number of rotatable bonds is 10. The highest BCUT2D eigenvalue weighted by Gasteiger charge is 2.29. The summed E-state index contributed by atoms with van der Waals surface area (Å²) in [7, 11) is 0. The molecule has 0 bridgehead atoms. The zero-order valence-corrected chi connectivity index (χ0v) is 13.6. The van der Waals surface area contributed by atoms with Gasteiger partial charge >= 0.3 is 0 Å². The Hall–Kier alpha value is -1.35. The van der Waals surface area contributed by atoms with Crippen LogP contribution < -0.4 is 10.2 Å². The van der Waals surface area contributed by atoms with Gasteiger partial charge in [-0.1, -0.05) is 26.3 Å². The second-order valence-electron chi connectivity index (χ2n) is 5.92. The molecule has 1 N–H and O–H groups in total. The normalized spacial score (nSPS) is 14.2. The third kappa shape index (κ3) is 4.85. The number of aromatic nitrogens is 1. The van der Waals surface area contributed by atoms with Crippen LogP contribution in [0.5, 0.6) is 0 Å². The smallest absolute Gasteiger partial charge is 0.129 e. The van der Waals surface area contributed by atoms with E-state index in [-0.39, 0.29) is 0 Å². The van der Waals surface area contributed by atoms with Gasteiger partial charge in [0.1, 0.15) is 5.82 Å². The quantitative estimate of drug-likeness (QED) is 0.525. The summed E-state index contributed by atoms with van der Waals surface area (Å²) in [6.07, 6.45) is 7.93. The fourth-order valence-electron chi connectivity index (χ4n) is 2.63. The molecule has 1 saturated carbocycles. The molecule has 2 rings (SSSR count). The predicted molar refractivity (Wildman–Crippen MR) is 90.8 cm³/mol. The van der Waals surface area contributed by atoms with E-state index in [4.69, 9.17) is 4.98 Å². The second kappa shape index (κ2) is 8.18. The molecule has 1 aliphatic rings.